The molecule has 2 heterocycles. The molecule has 2 rings (SSSR count). The van der Waals surface area contributed by atoms with Crippen LogP contribution < -0.4 is 0 Å². The molecule has 2 heteroatoms. The highest BCUT2D eigenvalue weighted by atomic mass is 15.2. The van der Waals surface area contributed by atoms with Crippen LogP contribution in [-0.2, 0) is 6.54 Å². The van der Waals surface area contributed by atoms with Crippen LogP contribution in [0, 0.1) is 0 Å². The van der Waals surface area contributed by atoms with Crippen molar-refractivity contribution in [2.45, 2.75) is 26.4 Å². The molecule has 0 saturated heterocycles. The van der Waals surface area contributed by atoms with Gasteiger partial charge < -0.3 is 0 Å². The first kappa shape index (κ1) is 7.74. The highest BCUT2D eigenvalue weighted by Gasteiger charge is 2.24. The highest BCUT2D eigenvalue weighted by molar-refractivity contribution is 5.30. The third-order valence-corrected chi connectivity index (χ3v) is 2.72. The molecular weight excluding hydrogens is 148 g/mol. The van der Waals surface area contributed by atoms with Crippen LogP contribution in [0.1, 0.15) is 31.0 Å². The van der Waals surface area contributed by atoms with Crippen molar-refractivity contribution in [3.8, 4) is 0 Å². The molecule has 1 unspecified atom stereocenters. The minimum atomic E-state index is 0.554. The van der Waals surface area contributed by atoms with Gasteiger partial charge in [0.25, 0.3) is 0 Å². The SMILES string of the molecule is CCN1Cc2ccncc2C1C. The fourth-order valence-electron chi connectivity index (χ4n) is 1.89. The van der Waals surface area contributed by atoms with Crippen LogP contribution in [0.5, 0.6) is 0 Å². The summed E-state index contributed by atoms with van der Waals surface area (Å²) in [5.41, 5.74) is 2.85. The molecule has 0 saturated carbocycles. The van der Waals surface area contributed by atoms with Gasteiger partial charge in [-0.2, -0.15) is 0 Å². The molecule has 0 radical (unpaired) electrons. The number of pyridine rings is 1. The molecule has 1 aliphatic heterocycles. The zero-order valence-corrected chi connectivity index (χ0v) is 7.62. The van der Waals surface area contributed by atoms with Crippen molar-refractivity contribution in [2.75, 3.05) is 6.54 Å². The summed E-state index contributed by atoms with van der Waals surface area (Å²) in [6.45, 7) is 6.66. The molecule has 1 atom stereocenters. The van der Waals surface area contributed by atoms with E-state index in [1.807, 2.05) is 12.4 Å². The number of fused-ring (bicyclic) bond motifs is 1. The van der Waals surface area contributed by atoms with Gasteiger partial charge in [0, 0.05) is 25.0 Å². The molecule has 1 aromatic rings. The molecule has 12 heavy (non-hydrogen) atoms. The molecule has 2 nitrogen and oxygen atoms in total. The molecule has 0 aromatic carbocycles. The van der Waals surface area contributed by atoms with E-state index < -0.39 is 0 Å². The molecular formula is C10H14N2. The van der Waals surface area contributed by atoms with E-state index in [-0.39, 0.29) is 0 Å². The smallest absolute Gasteiger partial charge is 0.0341 e. The Morgan fingerprint density at radius 1 is 1.67 bits per heavy atom. The molecule has 0 bridgehead atoms. The highest BCUT2D eigenvalue weighted by Crippen LogP contribution is 2.31. The van der Waals surface area contributed by atoms with Crippen LogP contribution >= 0.6 is 0 Å². The molecule has 1 aromatic heterocycles. The van der Waals surface area contributed by atoms with E-state index in [2.05, 4.69) is 29.8 Å². The van der Waals surface area contributed by atoms with Gasteiger partial charge in [-0.1, -0.05) is 6.92 Å². The predicted octanol–water partition coefficient (Wildman–Crippen LogP) is 1.98. The van der Waals surface area contributed by atoms with E-state index in [9.17, 15) is 0 Å². The Balaban J connectivity index is 2.35. The quantitative estimate of drug-likeness (QED) is 0.627. The van der Waals surface area contributed by atoms with Crippen molar-refractivity contribution >= 4 is 0 Å². The molecule has 0 spiro atoms. The maximum atomic E-state index is 4.15. The zero-order valence-electron chi connectivity index (χ0n) is 7.62. The molecule has 0 fully saturated rings. The van der Waals surface area contributed by atoms with Gasteiger partial charge in [0.15, 0.2) is 0 Å². The van der Waals surface area contributed by atoms with Crippen molar-refractivity contribution < 1.29 is 0 Å². The summed E-state index contributed by atoms with van der Waals surface area (Å²) in [6, 6.07) is 2.68. The van der Waals surface area contributed by atoms with Crippen LogP contribution in [0.2, 0.25) is 0 Å². The minimum Gasteiger partial charge on any atom is -0.293 e. The summed E-state index contributed by atoms with van der Waals surface area (Å²) in [7, 11) is 0. The van der Waals surface area contributed by atoms with Crippen LogP contribution in [0.15, 0.2) is 18.5 Å². The number of hydrogen-bond acceptors (Lipinski definition) is 2. The van der Waals surface area contributed by atoms with Gasteiger partial charge in [0.05, 0.1) is 0 Å². The van der Waals surface area contributed by atoms with Gasteiger partial charge >= 0.3 is 0 Å². The first-order valence-electron chi connectivity index (χ1n) is 4.49. The monoisotopic (exact) mass is 162 g/mol. The zero-order chi connectivity index (χ0) is 8.55. The normalized spacial score (nSPS) is 22.7. The Kier molecular flexibility index (Phi) is 1.85. The van der Waals surface area contributed by atoms with Crippen molar-refractivity contribution in [1.29, 1.82) is 0 Å². The van der Waals surface area contributed by atoms with Crippen LogP contribution in [0.3, 0.4) is 0 Å². The molecule has 0 amide bonds. The lowest BCUT2D eigenvalue weighted by molar-refractivity contribution is 0.242. The molecule has 1 aliphatic rings. The van der Waals surface area contributed by atoms with Crippen molar-refractivity contribution in [3.63, 3.8) is 0 Å². The van der Waals surface area contributed by atoms with Gasteiger partial charge in [-0.25, -0.2) is 0 Å². The van der Waals surface area contributed by atoms with Gasteiger partial charge in [-0.05, 0) is 30.7 Å². The second-order valence-electron chi connectivity index (χ2n) is 3.31. The lowest BCUT2D eigenvalue weighted by Crippen LogP contribution is -2.18. The molecule has 64 valence electrons. The summed E-state index contributed by atoms with van der Waals surface area (Å²) >= 11 is 0. The third kappa shape index (κ3) is 1.03. The number of rotatable bonds is 1. The van der Waals surface area contributed by atoms with E-state index in [1.54, 1.807) is 0 Å². The number of aromatic nitrogens is 1. The average Bonchev–Trinajstić information content (AvgIpc) is 2.44. The second kappa shape index (κ2) is 2.87. The van der Waals surface area contributed by atoms with Crippen molar-refractivity contribution in [3.05, 3.63) is 29.6 Å². The standard InChI is InChI=1S/C10H14N2/c1-3-12-7-9-4-5-11-6-10(9)8(12)2/h4-6,8H,3,7H2,1-2H3. The Labute approximate surface area is 73.2 Å². The van der Waals surface area contributed by atoms with Crippen LogP contribution in [0.4, 0.5) is 0 Å². The molecule has 0 N–H and O–H groups in total. The first-order valence-corrected chi connectivity index (χ1v) is 4.49. The Morgan fingerprint density at radius 2 is 2.50 bits per heavy atom. The van der Waals surface area contributed by atoms with E-state index in [0.29, 0.717) is 6.04 Å². The fourth-order valence-corrected chi connectivity index (χ4v) is 1.89. The maximum absolute atomic E-state index is 4.15. The molecule has 0 aliphatic carbocycles. The predicted molar refractivity (Wildman–Crippen MR) is 48.7 cm³/mol. The topological polar surface area (TPSA) is 16.1 Å². The van der Waals surface area contributed by atoms with Gasteiger partial charge in [-0.15, -0.1) is 0 Å². The maximum Gasteiger partial charge on any atom is 0.0341 e. The van der Waals surface area contributed by atoms with E-state index >= 15 is 0 Å². The Bertz CT molecular complexity index is 283. The fraction of sp³-hybridized carbons (Fsp3) is 0.500. The number of nitrogens with zero attached hydrogens (tertiary/aromatic N) is 2. The average molecular weight is 162 g/mol. The lowest BCUT2D eigenvalue weighted by atomic mass is 10.1. The Morgan fingerprint density at radius 3 is 3.17 bits per heavy atom. The minimum absolute atomic E-state index is 0.554. The second-order valence-corrected chi connectivity index (χ2v) is 3.31. The third-order valence-electron chi connectivity index (χ3n) is 2.72. The first-order chi connectivity index (χ1) is 5.83. The van der Waals surface area contributed by atoms with Gasteiger partial charge in [0.2, 0.25) is 0 Å². The van der Waals surface area contributed by atoms with Crippen molar-refractivity contribution in [2.24, 2.45) is 0 Å². The summed E-state index contributed by atoms with van der Waals surface area (Å²) in [5.74, 6) is 0. The van der Waals surface area contributed by atoms with Gasteiger partial charge in [0.1, 0.15) is 0 Å². The van der Waals surface area contributed by atoms with E-state index in [4.69, 9.17) is 0 Å². The largest absolute Gasteiger partial charge is 0.293 e. The Hall–Kier alpha value is -0.890. The van der Waals surface area contributed by atoms with E-state index in [0.717, 1.165) is 13.1 Å². The summed E-state index contributed by atoms with van der Waals surface area (Å²) in [5, 5.41) is 0. The summed E-state index contributed by atoms with van der Waals surface area (Å²) < 4.78 is 0. The van der Waals surface area contributed by atoms with Crippen LogP contribution in [-0.4, -0.2) is 16.4 Å². The number of hydrogen-bond donors (Lipinski definition) is 0. The van der Waals surface area contributed by atoms with Gasteiger partial charge in [-0.3, -0.25) is 9.88 Å². The summed E-state index contributed by atoms with van der Waals surface area (Å²) in [4.78, 5) is 6.60. The summed E-state index contributed by atoms with van der Waals surface area (Å²) in [6.07, 6.45) is 3.88. The van der Waals surface area contributed by atoms with Crippen LogP contribution in [0.25, 0.3) is 0 Å². The lowest BCUT2D eigenvalue weighted by Gasteiger charge is -2.18. The van der Waals surface area contributed by atoms with E-state index in [1.165, 1.54) is 11.1 Å². The van der Waals surface area contributed by atoms with Crippen molar-refractivity contribution in [1.82, 2.24) is 9.88 Å².